The Kier molecular flexibility index (Phi) is 5.83. The van der Waals surface area contributed by atoms with E-state index in [0.29, 0.717) is 36.0 Å². The molecule has 0 saturated heterocycles. The number of thioether (sulfide) groups is 1. The van der Waals surface area contributed by atoms with Crippen LogP contribution in [0.3, 0.4) is 0 Å². The van der Waals surface area contributed by atoms with Gasteiger partial charge in [-0.2, -0.15) is 0 Å². The van der Waals surface area contributed by atoms with Gasteiger partial charge in [-0.3, -0.25) is 9.78 Å². The quantitative estimate of drug-likeness (QED) is 0.332. The molecular weight excluding hydrogens is 434 g/mol. The van der Waals surface area contributed by atoms with E-state index < -0.39 is 0 Å². The van der Waals surface area contributed by atoms with Gasteiger partial charge >= 0.3 is 0 Å². The monoisotopic (exact) mass is 457 g/mol. The zero-order chi connectivity index (χ0) is 22.8. The molecule has 8 heteroatoms. The fourth-order valence-corrected chi connectivity index (χ4v) is 4.35. The molecule has 0 spiro atoms. The first kappa shape index (κ1) is 21.2. The van der Waals surface area contributed by atoms with Gasteiger partial charge in [-0.1, -0.05) is 30.0 Å². The number of aromatic nitrogens is 3. The van der Waals surface area contributed by atoms with Crippen molar-refractivity contribution in [3.63, 3.8) is 0 Å². The van der Waals surface area contributed by atoms with E-state index in [1.807, 2.05) is 65.8 Å². The first-order valence-corrected chi connectivity index (χ1v) is 11.9. The van der Waals surface area contributed by atoms with Crippen molar-refractivity contribution < 1.29 is 9.53 Å². The minimum Gasteiger partial charge on any atom is -0.497 e. The van der Waals surface area contributed by atoms with E-state index in [4.69, 9.17) is 4.74 Å². The number of anilines is 2. The van der Waals surface area contributed by atoms with Gasteiger partial charge in [-0.25, -0.2) is 9.97 Å². The number of carbonyl (C=O) groups excluding carboxylic acids is 1. The molecule has 0 unspecified atom stereocenters. The molecule has 0 saturated carbocycles. The van der Waals surface area contributed by atoms with Gasteiger partial charge < -0.3 is 15.0 Å². The first-order valence-electron chi connectivity index (χ1n) is 10.6. The van der Waals surface area contributed by atoms with Gasteiger partial charge in [0.1, 0.15) is 17.1 Å². The molecule has 7 nitrogen and oxygen atoms in total. The van der Waals surface area contributed by atoms with Crippen LogP contribution in [0.1, 0.15) is 21.6 Å². The largest absolute Gasteiger partial charge is 0.497 e. The van der Waals surface area contributed by atoms with Gasteiger partial charge in [-0.05, 0) is 48.2 Å². The highest BCUT2D eigenvalue weighted by Gasteiger charge is 2.30. The lowest BCUT2D eigenvalue weighted by molar-refractivity contribution is 0.0725. The number of hydrogen-bond acceptors (Lipinski definition) is 7. The maximum Gasteiger partial charge on any atom is 0.259 e. The Morgan fingerprint density at radius 3 is 2.76 bits per heavy atom. The Morgan fingerprint density at radius 2 is 1.97 bits per heavy atom. The van der Waals surface area contributed by atoms with Gasteiger partial charge in [0, 0.05) is 36.8 Å². The fourth-order valence-electron chi connectivity index (χ4n) is 3.96. The maximum absolute atomic E-state index is 13.5. The fraction of sp³-hybridized carbons (Fsp3) is 0.200. The number of hydrogen-bond donors (Lipinski definition) is 1. The van der Waals surface area contributed by atoms with Crippen LogP contribution in [0.25, 0.3) is 10.9 Å². The van der Waals surface area contributed by atoms with Crippen LogP contribution < -0.4 is 10.1 Å². The van der Waals surface area contributed by atoms with E-state index in [-0.39, 0.29) is 5.91 Å². The van der Waals surface area contributed by atoms with Crippen molar-refractivity contribution in [1.29, 1.82) is 0 Å². The highest BCUT2D eigenvalue weighted by Crippen LogP contribution is 2.30. The lowest BCUT2D eigenvalue weighted by atomic mass is 10.0. The molecule has 166 valence electrons. The number of amides is 1. The molecule has 4 aromatic rings. The number of pyridine rings is 1. The van der Waals surface area contributed by atoms with Crippen LogP contribution in [0.5, 0.6) is 5.75 Å². The second-order valence-corrected chi connectivity index (χ2v) is 8.51. The summed E-state index contributed by atoms with van der Waals surface area (Å²) in [6.07, 6.45) is 4.40. The number of benzene rings is 2. The SMILES string of the molecule is COc1ccc(CN2CCc3nc(SC)nc(Nc4ccc5ncccc5c4)c3C2=O)cc1. The van der Waals surface area contributed by atoms with Crippen molar-refractivity contribution in [3.05, 3.63) is 77.6 Å². The predicted octanol–water partition coefficient (Wildman–Crippen LogP) is 4.70. The number of carbonyl (C=O) groups is 1. The van der Waals surface area contributed by atoms with E-state index in [2.05, 4.69) is 20.3 Å². The minimum atomic E-state index is -0.0651. The van der Waals surface area contributed by atoms with Crippen LogP contribution in [0, 0.1) is 0 Å². The minimum absolute atomic E-state index is 0.0651. The summed E-state index contributed by atoms with van der Waals surface area (Å²) in [5, 5.41) is 5.04. The van der Waals surface area contributed by atoms with Crippen molar-refractivity contribution in [2.45, 2.75) is 18.1 Å². The molecule has 5 rings (SSSR count). The Bertz CT molecular complexity index is 1330. The standard InChI is InChI=1S/C25H23N5O2S/c1-32-19-8-5-16(6-9-19)15-30-13-11-21-22(24(30)31)23(29-25(28-21)33-2)27-18-7-10-20-17(14-18)4-3-12-26-20/h3-10,12,14H,11,13,15H2,1-2H3,(H,27,28,29). The van der Waals surface area contributed by atoms with Gasteiger partial charge in [0.25, 0.3) is 5.91 Å². The van der Waals surface area contributed by atoms with Crippen LogP contribution in [0.15, 0.2) is 66.0 Å². The van der Waals surface area contributed by atoms with E-state index >= 15 is 0 Å². The summed E-state index contributed by atoms with van der Waals surface area (Å²) < 4.78 is 5.24. The number of nitrogens with one attached hydrogen (secondary N) is 1. The lowest BCUT2D eigenvalue weighted by Crippen LogP contribution is -2.38. The Labute approximate surface area is 196 Å². The zero-order valence-corrected chi connectivity index (χ0v) is 19.2. The summed E-state index contributed by atoms with van der Waals surface area (Å²) in [5.74, 6) is 1.27. The summed E-state index contributed by atoms with van der Waals surface area (Å²) in [7, 11) is 1.64. The first-order chi connectivity index (χ1) is 16.1. The smallest absolute Gasteiger partial charge is 0.259 e. The Morgan fingerprint density at radius 1 is 1.12 bits per heavy atom. The van der Waals surface area contributed by atoms with Crippen molar-refractivity contribution in [1.82, 2.24) is 19.9 Å². The summed E-state index contributed by atoms with van der Waals surface area (Å²) in [6, 6.07) is 17.6. The van der Waals surface area contributed by atoms with Crippen molar-refractivity contribution in [2.75, 3.05) is 25.2 Å². The summed E-state index contributed by atoms with van der Waals surface area (Å²) in [4.78, 5) is 29.0. The maximum atomic E-state index is 13.5. The average molecular weight is 458 g/mol. The molecule has 3 heterocycles. The van der Waals surface area contributed by atoms with Gasteiger partial charge in [0.15, 0.2) is 5.16 Å². The van der Waals surface area contributed by atoms with Crippen molar-refractivity contribution in [3.8, 4) is 5.75 Å². The summed E-state index contributed by atoms with van der Waals surface area (Å²) in [5.41, 5.74) is 4.14. The average Bonchev–Trinajstić information content (AvgIpc) is 2.86. The van der Waals surface area contributed by atoms with E-state index in [0.717, 1.165) is 33.6 Å². The number of rotatable bonds is 6. The van der Waals surface area contributed by atoms with Gasteiger partial charge in [-0.15, -0.1) is 0 Å². The highest BCUT2D eigenvalue weighted by atomic mass is 32.2. The highest BCUT2D eigenvalue weighted by molar-refractivity contribution is 7.98. The molecule has 1 aliphatic heterocycles. The number of nitrogens with zero attached hydrogens (tertiary/aromatic N) is 4. The normalized spacial score (nSPS) is 13.2. The van der Waals surface area contributed by atoms with E-state index in [9.17, 15) is 4.79 Å². The van der Waals surface area contributed by atoms with E-state index in [1.54, 1.807) is 13.3 Å². The van der Waals surface area contributed by atoms with Crippen LogP contribution in [0.4, 0.5) is 11.5 Å². The molecule has 2 aromatic carbocycles. The molecule has 0 aliphatic carbocycles. The summed E-state index contributed by atoms with van der Waals surface area (Å²) in [6.45, 7) is 1.14. The molecular formula is C25H23N5O2S. The lowest BCUT2D eigenvalue weighted by Gasteiger charge is -2.29. The molecule has 1 aliphatic rings. The molecule has 1 N–H and O–H groups in total. The number of ether oxygens (including phenoxy) is 1. The van der Waals surface area contributed by atoms with Gasteiger partial charge in [0.05, 0.1) is 18.3 Å². The molecule has 1 amide bonds. The zero-order valence-electron chi connectivity index (χ0n) is 18.4. The topological polar surface area (TPSA) is 80.2 Å². The van der Waals surface area contributed by atoms with Crippen molar-refractivity contribution in [2.24, 2.45) is 0 Å². The third kappa shape index (κ3) is 4.34. The molecule has 33 heavy (non-hydrogen) atoms. The number of fused-ring (bicyclic) bond motifs is 2. The predicted molar refractivity (Wildman–Crippen MR) is 130 cm³/mol. The van der Waals surface area contributed by atoms with Crippen molar-refractivity contribution >= 4 is 40.1 Å². The van der Waals surface area contributed by atoms with Crippen LogP contribution in [0.2, 0.25) is 0 Å². The van der Waals surface area contributed by atoms with Crippen LogP contribution in [-0.2, 0) is 13.0 Å². The second kappa shape index (κ2) is 9.07. The van der Waals surface area contributed by atoms with E-state index in [1.165, 1.54) is 11.8 Å². The Hall–Kier alpha value is -3.65. The molecule has 0 atom stereocenters. The third-order valence-corrected chi connectivity index (χ3v) is 6.21. The number of methoxy groups -OCH3 is 1. The van der Waals surface area contributed by atoms with Crippen LogP contribution in [-0.4, -0.2) is 45.7 Å². The molecule has 0 radical (unpaired) electrons. The molecule has 0 fully saturated rings. The second-order valence-electron chi connectivity index (χ2n) is 7.74. The molecule has 2 aromatic heterocycles. The third-order valence-electron chi connectivity index (χ3n) is 5.66. The van der Waals surface area contributed by atoms with Crippen LogP contribution >= 0.6 is 11.8 Å². The molecule has 0 bridgehead atoms. The summed E-state index contributed by atoms with van der Waals surface area (Å²) >= 11 is 1.47. The Balaban J connectivity index is 1.47. The van der Waals surface area contributed by atoms with Gasteiger partial charge in [0.2, 0.25) is 0 Å².